The van der Waals surface area contributed by atoms with Crippen LogP contribution in [0.2, 0.25) is 0 Å². The van der Waals surface area contributed by atoms with Crippen molar-refractivity contribution in [3.05, 3.63) is 34.6 Å². The molecule has 0 bridgehead atoms. The minimum absolute atomic E-state index is 0.240. The van der Waals surface area contributed by atoms with Crippen LogP contribution in [0, 0.1) is 12.7 Å². The molecule has 1 N–H and O–H groups in total. The average Bonchev–Trinajstić information content (AvgIpc) is 2.02. The van der Waals surface area contributed by atoms with Crippen molar-refractivity contribution in [2.45, 2.75) is 13.8 Å². The average molecular weight is 196 g/mol. The van der Waals surface area contributed by atoms with E-state index < -0.39 is 17.3 Å². The van der Waals surface area contributed by atoms with Crippen molar-refractivity contribution < 1.29 is 19.1 Å². The van der Waals surface area contributed by atoms with Gasteiger partial charge in [-0.25, -0.2) is 9.18 Å². The van der Waals surface area contributed by atoms with Crippen molar-refractivity contribution in [2.75, 3.05) is 0 Å². The van der Waals surface area contributed by atoms with Crippen LogP contribution in [0.1, 0.15) is 33.2 Å². The van der Waals surface area contributed by atoms with Gasteiger partial charge in [-0.1, -0.05) is 0 Å². The lowest BCUT2D eigenvalue weighted by Crippen LogP contribution is -2.05. The molecule has 0 fully saturated rings. The number of hydrogen-bond donors (Lipinski definition) is 1. The summed E-state index contributed by atoms with van der Waals surface area (Å²) >= 11 is 0. The maximum absolute atomic E-state index is 13.1. The van der Waals surface area contributed by atoms with Gasteiger partial charge in [0.2, 0.25) is 0 Å². The molecular weight excluding hydrogens is 187 g/mol. The lowest BCUT2D eigenvalue weighted by atomic mass is 10.0. The second-order valence-electron chi connectivity index (χ2n) is 3.01. The summed E-state index contributed by atoms with van der Waals surface area (Å²) < 4.78 is 13.1. The van der Waals surface area contributed by atoms with Gasteiger partial charge in [-0.3, -0.25) is 4.79 Å². The molecule has 4 heteroatoms. The Balaban J connectivity index is 3.42. The molecule has 0 saturated carbocycles. The molecule has 0 saturated heterocycles. The fraction of sp³-hybridized carbons (Fsp3) is 0.200. The highest BCUT2D eigenvalue weighted by atomic mass is 19.1. The number of ketones is 1. The summed E-state index contributed by atoms with van der Waals surface area (Å²) in [6, 6.07) is 2.12. The monoisotopic (exact) mass is 196 g/mol. The third kappa shape index (κ3) is 1.79. The van der Waals surface area contributed by atoms with Gasteiger partial charge in [0.15, 0.2) is 5.78 Å². The Kier molecular flexibility index (Phi) is 2.65. The molecule has 0 heterocycles. The lowest BCUT2D eigenvalue weighted by molar-refractivity contribution is 0.0692. The Bertz CT molecular complexity index is 375. The largest absolute Gasteiger partial charge is 0.478 e. The molecule has 0 amide bonds. The van der Waals surface area contributed by atoms with Crippen LogP contribution < -0.4 is 0 Å². The molecule has 0 radical (unpaired) electrons. The third-order valence-electron chi connectivity index (χ3n) is 1.92. The molecule has 0 atom stereocenters. The highest BCUT2D eigenvalue weighted by Crippen LogP contribution is 2.16. The molecule has 3 nitrogen and oxygen atoms in total. The van der Waals surface area contributed by atoms with Crippen molar-refractivity contribution in [2.24, 2.45) is 0 Å². The molecule has 1 aromatic carbocycles. The number of benzene rings is 1. The molecule has 1 aromatic rings. The number of aryl methyl sites for hydroxylation is 1. The van der Waals surface area contributed by atoms with Crippen molar-refractivity contribution >= 4 is 11.8 Å². The fourth-order valence-corrected chi connectivity index (χ4v) is 1.22. The Morgan fingerprint density at radius 1 is 1.29 bits per heavy atom. The predicted octanol–water partition coefficient (Wildman–Crippen LogP) is 2.03. The molecule has 0 spiro atoms. The molecule has 74 valence electrons. The summed E-state index contributed by atoms with van der Waals surface area (Å²) in [7, 11) is 0. The van der Waals surface area contributed by atoms with Crippen molar-refractivity contribution in [3.8, 4) is 0 Å². The Hall–Kier alpha value is -1.71. The van der Waals surface area contributed by atoms with E-state index in [1.165, 1.54) is 6.92 Å². The summed E-state index contributed by atoms with van der Waals surface area (Å²) in [5.74, 6) is -2.46. The fourth-order valence-electron chi connectivity index (χ4n) is 1.22. The number of aromatic carboxylic acids is 1. The minimum Gasteiger partial charge on any atom is -0.478 e. The van der Waals surface area contributed by atoms with E-state index >= 15 is 0 Å². The van der Waals surface area contributed by atoms with E-state index in [2.05, 4.69) is 0 Å². The number of rotatable bonds is 2. The van der Waals surface area contributed by atoms with Gasteiger partial charge in [0.25, 0.3) is 0 Å². The van der Waals surface area contributed by atoms with Crippen LogP contribution in [0.25, 0.3) is 0 Å². The molecule has 0 aliphatic rings. The van der Waals surface area contributed by atoms with Gasteiger partial charge in [0.1, 0.15) is 5.82 Å². The number of halogens is 1. The SMILES string of the molecule is CC(=O)c1cc(C(=O)O)c(F)cc1C. The standard InChI is InChI=1S/C10H9FO3/c1-5-3-9(11)8(10(13)14)4-7(5)6(2)12/h3-4H,1-2H3,(H,13,14). The number of carbonyl (C=O) groups is 2. The van der Waals surface area contributed by atoms with Crippen LogP contribution in [0.15, 0.2) is 12.1 Å². The number of carboxylic acid groups (broad SMARTS) is 1. The Morgan fingerprint density at radius 3 is 2.29 bits per heavy atom. The number of carboxylic acids is 1. The molecular formula is C10H9FO3. The first-order valence-corrected chi connectivity index (χ1v) is 3.98. The van der Waals surface area contributed by atoms with Gasteiger partial charge in [-0.2, -0.15) is 0 Å². The van der Waals surface area contributed by atoms with Gasteiger partial charge in [0, 0.05) is 5.56 Å². The lowest BCUT2D eigenvalue weighted by Gasteiger charge is -2.04. The molecule has 0 unspecified atom stereocenters. The number of hydrogen-bond acceptors (Lipinski definition) is 2. The molecule has 1 rings (SSSR count). The maximum Gasteiger partial charge on any atom is 0.338 e. The van der Waals surface area contributed by atoms with E-state index in [1.807, 2.05) is 0 Å². The van der Waals surface area contributed by atoms with Crippen LogP contribution in [-0.4, -0.2) is 16.9 Å². The zero-order valence-electron chi connectivity index (χ0n) is 7.80. The Labute approximate surface area is 80.2 Å². The van der Waals surface area contributed by atoms with Crippen molar-refractivity contribution in [1.29, 1.82) is 0 Å². The quantitative estimate of drug-likeness (QED) is 0.736. The molecule has 0 aliphatic carbocycles. The Morgan fingerprint density at radius 2 is 1.86 bits per heavy atom. The second-order valence-corrected chi connectivity index (χ2v) is 3.01. The first-order valence-electron chi connectivity index (χ1n) is 3.98. The zero-order valence-corrected chi connectivity index (χ0v) is 7.80. The van der Waals surface area contributed by atoms with Gasteiger partial charge >= 0.3 is 5.97 Å². The van der Waals surface area contributed by atoms with E-state index in [4.69, 9.17) is 5.11 Å². The minimum atomic E-state index is -1.37. The summed E-state index contributed by atoms with van der Waals surface area (Å²) in [6.07, 6.45) is 0. The van der Waals surface area contributed by atoms with E-state index in [0.717, 1.165) is 12.1 Å². The highest BCUT2D eigenvalue weighted by Gasteiger charge is 2.14. The first-order chi connectivity index (χ1) is 6.43. The highest BCUT2D eigenvalue weighted by molar-refractivity contribution is 5.98. The predicted molar refractivity (Wildman–Crippen MR) is 48.1 cm³/mol. The van der Waals surface area contributed by atoms with Crippen molar-refractivity contribution in [3.63, 3.8) is 0 Å². The number of Topliss-reactive ketones (excluding diaryl/α,β-unsaturated/α-hetero) is 1. The molecule has 0 aliphatic heterocycles. The van der Waals surface area contributed by atoms with Crippen LogP contribution in [0.3, 0.4) is 0 Å². The summed E-state index contributed by atoms with van der Waals surface area (Å²) in [5.41, 5.74) is 0.213. The summed E-state index contributed by atoms with van der Waals surface area (Å²) in [5, 5.41) is 8.61. The second kappa shape index (κ2) is 3.57. The van der Waals surface area contributed by atoms with E-state index in [1.54, 1.807) is 6.92 Å². The normalized spacial score (nSPS) is 9.93. The molecule has 14 heavy (non-hydrogen) atoms. The van der Waals surface area contributed by atoms with Gasteiger partial charge in [-0.05, 0) is 31.5 Å². The summed E-state index contributed by atoms with van der Waals surface area (Å²) in [6.45, 7) is 2.87. The van der Waals surface area contributed by atoms with Gasteiger partial charge in [-0.15, -0.1) is 0 Å². The first kappa shape index (κ1) is 10.4. The van der Waals surface area contributed by atoms with Crippen LogP contribution >= 0.6 is 0 Å². The van der Waals surface area contributed by atoms with E-state index in [0.29, 0.717) is 5.56 Å². The third-order valence-corrected chi connectivity index (χ3v) is 1.92. The van der Waals surface area contributed by atoms with Gasteiger partial charge in [0.05, 0.1) is 5.56 Å². The smallest absolute Gasteiger partial charge is 0.338 e. The number of carbonyl (C=O) groups excluding carboxylic acids is 1. The van der Waals surface area contributed by atoms with Gasteiger partial charge < -0.3 is 5.11 Å². The maximum atomic E-state index is 13.1. The molecule has 0 aromatic heterocycles. The van der Waals surface area contributed by atoms with E-state index in [9.17, 15) is 14.0 Å². The summed E-state index contributed by atoms with van der Waals surface area (Å²) in [4.78, 5) is 21.6. The van der Waals surface area contributed by atoms with Crippen LogP contribution in [0.4, 0.5) is 4.39 Å². The zero-order chi connectivity index (χ0) is 10.9. The van der Waals surface area contributed by atoms with Crippen LogP contribution in [-0.2, 0) is 0 Å². The topological polar surface area (TPSA) is 54.4 Å². The van der Waals surface area contributed by atoms with E-state index in [-0.39, 0.29) is 11.3 Å². The van der Waals surface area contributed by atoms with Crippen LogP contribution in [0.5, 0.6) is 0 Å². The van der Waals surface area contributed by atoms with Crippen molar-refractivity contribution in [1.82, 2.24) is 0 Å².